The third kappa shape index (κ3) is 4.70. The van der Waals surface area contributed by atoms with Gasteiger partial charge in [-0.05, 0) is 19.8 Å². The molecule has 0 aliphatic carbocycles. The number of hydrogen-bond donors (Lipinski definition) is 0. The maximum absolute atomic E-state index is 12.1. The molecule has 0 aliphatic rings. The zero-order valence-electron chi connectivity index (χ0n) is 11.3. The third-order valence-electron chi connectivity index (χ3n) is 2.77. The van der Waals surface area contributed by atoms with Crippen molar-refractivity contribution in [1.29, 1.82) is 0 Å². The zero-order chi connectivity index (χ0) is 12.8. The maximum atomic E-state index is 12.1. The van der Waals surface area contributed by atoms with Crippen molar-refractivity contribution in [3.05, 3.63) is 35.9 Å². The number of hydrogen-bond acceptors (Lipinski definition) is 2. The minimum absolute atomic E-state index is 0.208. The van der Waals surface area contributed by atoms with Gasteiger partial charge in [-0.1, -0.05) is 44.2 Å². The van der Waals surface area contributed by atoms with E-state index in [0.717, 1.165) is 12.1 Å². The van der Waals surface area contributed by atoms with Crippen LogP contribution < -0.4 is 0 Å². The van der Waals surface area contributed by atoms with Gasteiger partial charge in [0.05, 0.1) is 6.54 Å². The zero-order valence-corrected chi connectivity index (χ0v) is 11.3. The molecule has 0 saturated heterocycles. The molecule has 0 unspecified atom stereocenters. The normalized spacial score (nSPS) is 11.5. The Morgan fingerprint density at radius 2 is 1.71 bits per heavy atom. The number of nitrogens with zero attached hydrogens (tertiary/aromatic N) is 1. The number of Topliss-reactive ketones (excluding diaryl/α,β-unsaturated/α-hetero) is 1. The van der Waals surface area contributed by atoms with E-state index < -0.39 is 0 Å². The number of rotatable bonds is 6. The van der Waals surface area contributed by atoms with Crippen molar-refractivity contribution in [2.75, 3.05) is 13.1 Å². The lowest BCUT2D eigenvalue weighted by Crippen LogP contribution is -2.38. The molecular weight excluding hydrogens is 210 g/mol. The Morgan fingerprint density at radius 3 is 2.18 bits per heavy atom. The first kappa shape index (κ1) is 13.9. The average molecular weight is 233 g/mol. The summed E-state index contributed by atoms with van der Waals surface area (Å²) in [6.07, 6.45) is 0. The van der Waals surface area contributed by atoms with Crippen LogP contribution in [0.4, 0.5) is 0 Å². The monoisotopic (exact) mass is 233 g/mol. The Kier molecular flexibility index (Phi) is 5.36. The molecule has 2 heteroatoms. The summed E-state index contributed by atoms with van der Waals surface area (Å²) >= 11 is 0. The topological polar surface area (TPSA) is 20.3 Å². The highest BCUT2D eigenvalue weighted by Crippen LogP contribution is 2.07. The SMILES string of the molecule is CC(C)CN(CC(=O)c1ccccc1)C(C)C. The van der Waals surface area contributed by atoms with Gasteiger partial charge < -0.3 is 0 Å². The highest BCUT2D eigenvalue weighted by molar-refractivity contribution is 5.97. The maximum Gasteiger partial charge on any atom is 0.176 e. The molecule has 1 aromatic rings. The summed E-state index contributed by atoms with van der Waals surface area (Å²) in [5.74, 6) is 0.793. The summed E-state index contributed by atoms with van der Waals surface area (Å²) < 4.78 is 0. The highest BCUT2D eigenvalue weighted by atomic mass is 16.1. The van der Waals surface area contributed by atoms with Gasteiger partial charge in [0.25, 0.3) is 0 Å². The Bertz CT molecular complexity index is 343. The Morgan fingerprint density at radius 1 is 1.12 bits per heavy atom. The largest absolute Gasteiger partial charge is 0.293 e. The van der Waals surface area contributed by atoms with Crippen LogP contribution in [0.15, 0.2) is 30.3 Å². The summed E-state index contributed by atoms with van der Waals surface area (Å²) in [6, 6.07) is 9.94. The summed E-state index contributed by atoms with van der Waals surface area (Å²) in [5, 5.41) is 0. The molecule has 94 valence electrons. The molecular formula is C15H23NO. The first-order valence-corrected chi connectivity index (χ1v) is 6.33. The lowest BCUT2D eigenvalue weighted by Gasteiger charge is -2.27. The Hall–Kier alpha value is -1.15. The quantitative estimate of drug-likeness (QED) is 0.703. The molecule has 1 rings (SSSR count). The van der Waals surface area contributed by atoms with Gasteiger partial charge in [0, 0.05) is 18.2 Å². The number of ketones is 1. The van der Waals surface area contributed by atoms with Crippen LogP contribution in [0.2, 0.25) is 0 Å². The van der Waals surface area contributed by atoms with E-state index in [2.05, 4.69) is 32.6 Å². The predicted octanol–water partition coefficient (Wildman–Crippen LogP) is 3.24. The predicted molar refractivity (Wildman–Crippen MR) is 72.3 cm³/mol. The summed E-state index contributed by atoms with van der Waals surface area (Å²) in [7, 11) is 0. The van der Waals surface area contributed by atoms with Gasteiger partial charge in [-0.15, -0.1) is 0 Å². The van der Waals surface area contributed by atoms with Crippen LogP contribution in [0.25, 0.3) is 0 Å². The van der Waals surface area contributed by atoms with Gasteiger partial charge in [0.2, 0.25) is 0 Å². The molecule has 0 atom stereocenters. The molecule has 1 aromatic carbocycles. The third-order valence-corrected chi connectivity index (χ3v) is 2.77. The van der Waals surface area contributed by atoms with E-state index in [1.807, 2.05) is 30.3 Å². The van der Waals surface area contributed by atoms with Gasteiger partial charge in [-0.3, -0.25) is 9.69 Å². The van der Waals surface area contributed by atoms with Crippen LogP contribution in [0.1, 0.15) is 38.1 Å². The van der Waals surface area contributed by atoms with Crippen molar-refractivity contribution in [1.82, 2.24) is 4.90 Å². The van der Waals surface area contributed by atoms with Crippen LogP contribution in [0.3, 0.4) is 0 Å². The Labute approximate surface area is 105 Å². The molecule has 0 radical (unpaired) electrons. The van der Waals surface area contributed by atoms with E-state index in [1.165, 1.54) is 0 Å². The second kappa shape index (κ2) is 6.55. The first-order valence-electron chi connectivity index (χ1n) is 6.33. The van der Waals surface area contributed by atoms with Crippen LogP contribution >= 0.6 is 0 Å². The molecule has 0 N–H and O–H groups in total. The van der Waals surface area contributed by atoms with E-state index >= 15 is 0 Å². The summed E-state index contributed by atoms with van der Waals surface area (Å²) in [4.78, 5) is 14.3. The fraction of sp³-hybridized carbons (Fsp3) is 0.533. The van der Waals surface area contributed by atoms with E-state index in [1.54, 1.807) is 0 Å². The highest BCUT2D eigenvalue weighted by Gasteiger charge is 2.16. The summed E-state index contributed by atoms with van der Waals surface area (Å²) in [5.41, 5.74) is 0.807. The molecule has 0 aliphatic heterocycles. The van der Waals surface area contributed by atoms with Crippen molar-refractivity contribution >= 4 is 5.78 Å². The lowest BCUT2D eigenvalue weighted by molar-refractivity contribution is 0.0893. The van der Waals surface area contributed by atoms with Crippen molar-refractivity contribution in [2.45, 2.75) is 33.7 Å². The fourth-order valence-corrected chi connectivity index (χ4v) is 1.83. The first-order chi connectivity index (χ1) is 8.00. The summed E-state index contributed by atoms with van der Waals surface area (Å²) in [6.45, 7) is 10.1. The van der Waals surface area contributed by atoms with Gasteiger partial charge >= 0.3 is 0 Å². The van der Waals surface area contributed by atoms with Crippen LogP contribution in [-0.2, 0) is 0 Å². The molecule has 0 saturated carbocycles. The molecule has 0 heterocycles. The molecule has 0 bridgehead atoms. The molecule has 0 aromatic heterocycles. The number of benzene rings is 1. The van der Waals surface area contributed by atoms with Crippen molar-refractivity contribution in [2.24, 2.45) is 5.92 Å². The number of carbonyl (C=O) groups is 1. The van der Waals surface area contributed by atoms with Crippen LogP contribution in [0, 0.1) is 5.92 Å². The van der Waals surface area contributed by atoms with Crippen molar-refractivity contribution in [3.8, 4) is 0 Å². The number of carbonyl (C=O) groups excluding carboxylic acids is 1. The molecule has 0 amide bonds. The minimum atomic E-state index is 0.208. The van der Waals surface area contributed by atoms with Crippen LogP contribution in [-0.4, -0.2) is 29.8 Å². The molecule has 0 fully saturated rings. The van der Waals surface area contributed by atoms with Gasteiger partial charge in [-0.2, -0.15) is 0 Å². The van der Waals surface area contributed by atoms with Crippen LogP contribution in [0.5, 0.6) is 0 Å². The lowest BCUT2D eigenvalue weighted by atomic mass is 10.1. The standard InChI is InChI=1S/C15H23NO/c1-12(2)10-16(13(3)4)11-15(17)14-8-6-5-7-9-14/h5-9,12-13H,10-11H2,1-4H3. The van der Waals surface area contributed by atoms with Crippen molar-refractivity contribution in [3.63, 3.8) is 0 Å². The van der Waals surface area contributed by atoms with Crippen molar-refractivity contribution < 1.29 is 4.79 Å². The van der Waals surface area contributed by atoms with E-state index in [0.29, 0.717) is 18.5 Å². The van der Waals surface area contributed by atoms with E-state index in [9.17, 15) is 4.79 Å². The molecule has 17 heavy (non-hydrogen) atoms. The second-order valence-corrected chi connectivity index (χ2v) is 5.21. The van der Waals surface area contributed by atoms with Gasteiger partial charge in [0.1, 0.15) is 0 Å². The van der Waals surface area contributed by atoms with E-state index in [-0.39, 0.29) is 5.78 Å². The minimum Gasteiger partial charge on any atom is -0.293 e. The fourth-order valence-electron chi connectivity index (χ4n) is 1.83. The average Bonchev–Trinajstić information content (AvgIpc) is 2.28. The van der Waals surface area contributed by atoms with Gasteiger partial charge in [-0.25, -0.2) is 0 Å². The van der Waals surface area contributed by atoms with Gasteiger partial charge in [0.15, 0.2) is 5.78 Å². The van der Waals surface area contributed by atoms with E-state index in [4.69, 9.17) is 0 Å². The Balaban J connectivity index is 2.65. The second-order valence-electron chi connectivity index (χ2n) is 5.21. The molecule has 0 spiro atoms. The smallest absolute Gasteiger partial charge is 0.176 e. The molecule has 2 nitrogen and oxygen atoms in total.